The highest BCUT2D eigenvalue weighted by Crippen LogP contribution is 2.52. The maximum absolute atomic E-state index is 12.7. The number of hydrogen-bond donors (Lipinski definition) is 0. The fraction of sp³-hybridized carbons (Fsp3) is 0.357. The van der Waals surface area contributed by atoms with Crippen molar-refractivity contribution in [1.82, 2.24) is 14.9 Å². The minimum Gasteiger partial charge on any atom is -0.477 e. The number of amides is 1. The number of benzene rings is 2. The maximum Gasteiger partial charge on any atom is 0.319 e. The Balaban J connectivity index is 2.00. The topological polar surface area (TPSA) is 67.7 Å². The van der Waals surface area contributed by atoms with Crippen molar-refractivity contribution in [2.75, 3.05) is 6.61 Å². The highest BCUT2D eigenvalue weighted by molar-refractivity contribution is 6.30. The molecule has 2 unspecified atom stereocenters. The number of halogens is 2. The number of aliphatic imine (C=N–C) groups is 1. The average molecular weight is 524 g/mol. The number of carbonyl (C=O) groups excluding carboxylic acids is 1. The molecule has 36 heavy (non-hydrogen) atoms. The summed E-state index contributed by atoms with van der Waals surface area (Å²) in [6, 6.07) is 14.9. The molecule has 8 heteroatoms. The van der Waals surface area contributed by atoms with E-state index >= 15 is 0 Å². The molecule has 3 aromatic rings. The van der Waals surface area contributed by atoms with Gasteiger partial charge in [0.25, 0.3) is 0 Å². The van der Waals surface area contributed by atoms with Crippen LogP contribution in [0.4, 0.5) is 0 Å². The molecular formula is C28H29Cl2N4O2. The van der Waals surface area contributed by atoms with Crippen LogP contribution in [-0.2, 0) is 21.3 Å². The Labute approximate surface area is 222 Å². The molecule has 0 bridgehead atoms. The molecule has 1 aliphatic heterocycles. The summed E-state index contributed by atoms with van der Waals surface area (Å²) in [5.41, 5.74) is 0.0834. The lowest BCUT2D eigenvalue weighted by Gasteiger charge is -2.43. The molecular weight excluding hydrogens is 495 g/mol. The lowest BCUT2D eigenvalue weighted by molar-refractivity contribution is 0.179. The minimum absolute atomic E-state index is 0.284. The Bertz CT molecular complexity index is 1300. The van der Waals surface area contributed by atoms with E-state index in [2.05, 4.69) is 11.4 Å². The number of aromatic nitrogens is 2. The van der Waals surface area contributed by atoms with Crippen molar-refractivity contribution in [2.24, 2.45) is 4.99 Å². The van der Waals surface area contributed by atoms with Crippen LogP contribution < -0.4 is 4.74 Å². The van der Waals surface area contributed by atoms with E-state index in [9.17, 15) is 4.79 Å². The van der Waals surface area contributed by atoms with Crippen LogP contribution in [0, 0.1) is 0 Å². The number of rotatable bonds is 6. The summed E-state index contributed by atoms with van der Waals surface area (Å²) in [5.74, 6) is 1.38. The first-order valence-electron chi connectivity index (χ1n) is 11.8. The lowest BCUT2D eigenvalue weighted by atomic mass is 9.71. The van der Waals surface area contributed by atoms with Crippen LogP contribution in [0.25, 0.3) is 0 Å². The van der Waals surface area contributed by atoms with Crippen LogP contribution in [0.15, 0.2) is 59.7 Å². The third-order valence-electron chi connectivity index (χ3n) is 6.79. The third-order valence-corrected chi connectivity index (χ3v) is 7.29. The summed E-state index contributed by atoms with van der Waals surface area (Å²) in [6.07, 6.45) is 3.83. The molecule has 6 nitrogen and oxygen atoms in total. The van der Waals surface area contributed by atoms with Crippen molar-refractivity contribution in [1.29, 1.82) is 0 Å². The summed E-state index contributed by atoms with van der Waals surface area (Å²) in [6.45, 7) is 12.3. The fourth-order valence-corrected chi connectivity index (χ4v) is 4.80. The molecule has 1 radical (unpaired) electrons. The largest absolute Gasteiger partial charge is 0.477 e. The minimum atomic E-state index is -0.964. The summed E-state index contributed by atoms with van der Waals surface area (Å²) in [5, 5.41) is 1.21. The van der Waals surface area contributed by atoms with Crippen molar-refractivity contribution in [3.05, 3.63) is 87.3 Å². The zero-order chi connectivity index (χ0) is 26.3. The zero-order valence-electron chi connectivity index (χ0n) is 21.3. The molecule has 187 valence electrons. The molecule has 0 saturated heterocycles. The first-order valence-corrected chi connectivity index (χ1v) is 12.5. The van der Waals surface area contributed by atoms with Gasteiger partial charge in [0.05, 0.1) is 12.2 Å². The number of amidine groups is 1. The smallest absolute Gasteiger partial charge is 0.319 e. The average Bonchev–Trinajstić information content (AvgIpc) is 3.07. The molecule has 1 aliphatic rings. The van der Waals surface area contributed by atoms with E-state index in [1.165, 1.54) is 4.90 Å². The van der Waals surface area contributed by atoms with E-state index < -0.39 is 11.1 Å². The molecule has 2 heterocycles. The highest BCUT2D eigenvalue weighted by Gasteiger charge is 2.58. The van der Waals surface area contributed by atoms with Gasteiger partial charge in [-0.15, -0.1) is 0 Å². The molecule has 1 aromatic heterocycles. The molecule has 0 spiro atoms. The Hall–Kier alpha value is -2.96. The number of ether oxygens (including phenoxy) is 1. The van der Waals surface area contributed by atoms with Gasteiger partial charge in [-0.2, -0.15) is 4.98 Å². The van der Waals surface area contributed by atoms with Gasteiger partial charge in [0.2, 0.25) is 5.88 Å². The molecule has 0 aliphatic carbocycles. The van der Waals surface area contributed by atoms with E-state index in [1.54, 1.807) is 18.3 Å². The fourth-order valence-electron chi connectivity index (χ4n) is 4.55. The first-order chi connectivity index (χ1) is 17.0. The molecule has 4 rings (SSSR count). The maximum atomic E-state index is 12.7. The predicted octanol–water partition coefficient (Wildman–Crippen LogP) is 6.44. The monoisotopic (exact) mass is 523 g/mol. The third kappa shape index (κ3) is 4.27. The van der Waals surface area contributed by atoms with Crippen LogP contribution >= 0.6 is 23.2 Å². The SMILES string of the molecule is CCOc1nc(C(C)(C)C)ncc1C1=NC(C)(c2ccc(Cl)cc2)C(C)(c2ccc(Cl)cc2)N1[C]=O. The molecule has 2 aromatic carbocycles. The summed E-state index contributed by atoms with van der Waals surface area (Å²) < 4.78 is 5.93. The summed E-state index contributed by atoms with van der Waals surface area (Å²) >= 11 is 12.4. The second kappa shape index (κ2) is 9.49. The zero-order valence-corrected chi connectivity index (χ0v) is 22.8. The molecule has 0 saturated carbocycles. The highest BCUT2D eigenvalue weighted by atomic mass is 35.5. The van der Waals surface area contributed by atoms with Crippen molar-refractivity contribution >= 4 is 35.4 Å². The van der Waals surface area contributed by atoms with Gasteiger partial charge in [-0.1, -0.05) is 68.2 Å². The van der Waals surface area contributed by atoms with Gasteiger partial charge < -0.3 is 4.74 Å². The summed E-state index contributed by atoms with van der Waals surface area (Å²) in [4.78, 5) is 28.7. The van der Waals surface area contributed by atoms with E-state index in [0.717, 1.165) is 11.1 Å². The molecule has 2 atom stereocenters. The predicted molar refractivity (Wildman–Crippen MR) is 144 cm³/mol. The van der Waals surface area contributed by atoms with Gasteiger partial charge in [0, 0.05) is 21.7 Å². The van der Waals surface area contributed by atoms with Crippen LogP contribution in [0.5, 0.6) is 5.88 Å². The Morgan fingerprint density at radius 1 is 0.972 bits per heavy atom. The van der Waals surface area contributed by atoms with Gasteiger partial charge in [-0.3, -0.25) is 14.7 Å². The second-order valence-electron chi connectivity index (χ2n) is 10.1. The van der Waals surface area contributed by atoms with Crippen LogP contribution in [-0.4, -0.2) is 33.7 Å². The van der Waals surface area contributed by atoms with Gasteiger partial charge in [0.15, 0.2) is 0 Å². The Morgan fingerprint density at radius 2 is 1.53 bits per heavy atom. The van der Waals surface area contributed by atoms with Gasteiger partial charge in [0.1, 0.15) is 22.7 Å². The molecule has 1 amide bonds. The quantitative estimate of drug-likeness (QED) is 0.372. The number of hydrogen-bond acceptors (Lipinski definition) is 5. The van der Waals surface area contributed by atoms with Crippen LogP contribution in [0.1, 0.15) is 64.1 Å². The number of nitrogens with zero attached hydrogens (tertiary/aromatic N) is 4. The van der Waals surface area contributed by atoms with Crippen LogP contribution in [0.2, 0.25) is 10.0 Å². The van der Waals surface area contributed by atoms with Crippen molar-refractivity contribution in [3.63, 3.8) is 0 Å². The van der Waals surface area contributed by atoms with Crippen molar-refractivity contribution in [3.8, 4) is 5.88 Å². The Morgan fingerprint density at radius 3 is 2.03 bits per heavy atom. The standard InChI is InChI=1S/C28H29Cl2N4O2/c1-7-36-24-22(16-31-25(32-24)26(2,3)4)23-33-27(5,18-8-12-20(29)13-9-18)28(6,34(23)17-35)19-10-14-21(30)15-11-19/h8-16H,7H2,1-6H3. The van der Waals surface area contributed by atoms with Gasteiger partial charge in [-0.05, 0) is 56.2 Å². The van der Waals surface area contributed by atoms with E-state index in [-0.39, 0.29) is 5.41 Å². The normalized spacial score (nSPS) is 21.9. The van der Waals surface area contributed by atoms with E-state index in [1.807, 2.05) is 77.9 Å². The van der Waals surface area contributed by atoms with Crippen molar-refractivity contribution in [2.45, 2.75) is 58.0 Å². The van der Waals surface area contributed by atoms with E-state index in [0.29, 0.717) is 39.8 Å². The second-order valence-corrected chi connectivity index (χ2v) is 11.0. The first kappa shape index (κ1) is 26.1. The van der Waals surface area contributed by atoms with Gasteiger partial charge in [-0.25, -0.2) is 4.98 Å². The van der Waals surface area contributed by atoms with Gasteiger partial charge >= 0.3 is 6.41 Å². The lowest BCUT2D eigenvalue weighted by Crippen LogP contribution is -2.52. The van der Waals surface area contributed by atoms with E-state index in [4.69, 9.17) is 37.9 Å². The molecule has 0 N–H and O–H groups in total. The summed E-state index contributed by atoms with van der Waals surface area (Å²) in [7, 11) is 0. The van der Waals surface area contributed by atoms with Crippen molar-refractivity contribution < 1.29 is 9.53 Å². The van der Waals surface area contributed by atoms with Crippen LogP contribution in [0.3, 0.4) is 0 Å². The Kier molecular flexibility index (Phi) is 6.88. The molecule has 0 fully saturated rings.